The van der Waals surface area contributed by atoms with E-state index in [1.807, 2.05) is 0 Å². The van der Waals surface area contributed by atoms with Crippen molar-refractivity contribution < 1.29 is 5.11 Å². The maximum Gasteiger partial charge on any atom is 0.0674 e. The van der Waals surface area contributed by atoms with Crippen molar-refractivity contribution in [3.05, 3.63) is 12.2 Å². The standard InChI is InChI=1S/C12H21NO/c14-12(6-8-13-9-7-12)10-11-4-2-1-3-5-11/h1-2,11,13-14H,3-10H2. The van der Waals surface area contributed by atoms with Crippen molar-refractivity contribution in [1.82, 2.24) is 5.32 Å². The molecule has 0 spiro atoms. The summed E-state index contributed by atoms with van der Waals surface area (Å²) in [4.78, 5) is 0. The van der Waals surface area contributed by atoms with Gasteiger partial charge in [0.05, 0.1) is 5.60 Å². The van der Waals surface area contributed by atoms with E-state index in [0.717, 1.165) is 38.3 Å². The molecule has 2 N–H and O–H groups in total. The Hall–Kier alpha value is -0.340. The normalized spacial score (nSPS) is 31.6. The molecule has 0 amide bonds. The van der Waals surface area contributed by atoms with Gasteiger partial charge < -0.3 is 10.4 Å². The van der Waals surface area contributed by atoms with Crippen molar-refractivity contribution in [3.63, 3.8) is 0 Å². The van der Waals surface area contributed by atoms with E-state index in [1.165, 1.54) is 19.3 Å². The maximum atomic E-state index is 10.4. The fraction of sp³-hybridized carbons (Fsp3) is 0.833. The molecule has 2 nitrogen and oxygen atoms in total. The molecule has 1 unspecified atom stereocenters. The molecule has 1 fully saturated rings. The van der Waals surface area contributed by atoms with E-state index in [-0.39, 0.29) is 5.60 Å². The molecule has 2 rings (SSSR count). The quantitative estimate of drug-likeness (QED) is 0.659. The molecular formula is C12H21NO. The summed E-state index contributed by atoms with van der Waals surface area (Å²) >= 11 is 0. The number of hydrogen-bond acceptors (Lipinski definition) is 2. The van der Waals surface area contributed by atoms with Crippen molar-refractivity contribution in [2.45, 2.75) is 44.1 Å². The molecule has 0 bridgehead atoms. The van der Waals surface area contributed by atoms with Crippen LogP contribution in [0.1, 0.15) is 38.5 Å². The second-order valence-electron chi connectivity index (χ2n) is 4.83. The van der Waals surface area contributed by atoms with E-state index in [9.17, 15) is 5.11 Å². The third-order valence-corrected chi connectivity index (χ3v) is 3.58. The summed E-state index contributed by atoms with van der Waals surface area (Å²) in [5, 5.41) is 13.7. The van der Waals surface area contributed by atoms with Gasteiger partial charge in [-0.1, -0.05) is 12.2 Å². The summed E-state index contributed by atoms with van der Waals surface area (Å²) in [6, 6.07) is 0. The first-order valence-electron chi connectivity index (χ1n) is 5.87. The molecule has 1 saturated heterocycles. The maximum absolute atomic E-state index is 10.4. The Morgan fingerprint density at radius 1 is 1.29 bits per heavy atom. The molecule has 2 aliphatic rings. The lowest BCUT2D eigenvalue weighted by Gasteiger charge is -2.36. The van der Waals surface area contributed by atoms with Gasteiger partial charge in [0.1, 0.15) is 0 Å². The zero-order chi connectivity index (χ0) is 9.86. The van der Waals surface area contributed by atoms with Gasteiger partial charge >= 0.3 is 0 Å². The minimum Gasteiger partial charge on any atom is -0.390 e. The fourth-order valence-electron chi connectivity index (χ4n) is 2.68. The number of rotatable bonds is 2. The summed E-state index contributed by atoms with van der Waals surface area (Å²) in [6.07, 6.45) is 11.1. The number of piperidine rings is 1. The molecule has 1 aliphatic carbocycles. The van der Waals surface area contributed by atoms with Gasteiger partial charge in [-0.2, -0.15) is 0 Å². The van der Waals surface area contributed by atoms with Crippen molar-refractivity contribution in [3.8, 4) is 0 Å². The zero-order valence-corrected chi connectivity index (χ0v) is 8.84. The lowest BCUT2D eigenvalue weighted by molar-refractivity contribution is -0.0127. The Labute approximate surface area is 86.4 Å². The van der Waals surface area contributed by atoms with Crippen LogP contribution in [0.5, 0.6) is 0 Å². The van der Waals surface area contributed by atoms with Gasteiger partial charge in [-0.05, 0) is 57.5 Å². The highest BCUT2D eigenvalue weighted by Gasteiger charge is 2.31. The van der Waals surface area contributed by atoms with Gasteiger partial charge in [-0.15, -0.1) is 0 Å². The molecule has 0 aromatic heterocycles. The Morgan fingerprint density at radius 3 is 2.71 bits per heavy atom. The molecule has 14 heavy (non-hydrogen) atoms. The molecule has 0 saturated carbocycles. The Morgan fingerprint density at radius 2 is 2.07 bits per heavy atom. The molecule has 1 atom stereocenters. The van der Waals surface area contributed by atoms with Crippen molar-refractivity contribution in [1.29, 1.82) is 0 Å². The Balaban J connectivity index is 1.85. The predicted octanol–water partition coefficient (Wildman–Crippen LogP) is 1.85. The smallest absolute Gasteiger partial charge is 0.0674 e. The first-order valence-corrected chi connectivity index (χ1v) is 5.87. The van der Waals surface area contributed by atoms with Crippen LogP contribution in [0.3, 0.4) is 0 Å². The zero-order valence-electron chi connectivity index (χ0n) is 8.84. The van der Waals surface area contributed by atoms with Gasteiger partial charge in [0.25, 0.3) is 0 Å². The van der Waals surface area contributed by atoms with Gasteiger partial charge in [-0.3, -0.25) is 0 Å². The van der Waals surface area contributed by atoms with Crippen LogP contribution in [0.25, 0.3) is 0 Å². The highest BCUT2D eigenvalue weighted by Crippen LogP contribution is 2.32. The molecule has 2 heteroatoms. The first kappa shape index (κ1) is 10.2. The Bertz CT molecular complexity index is 206. The largest absolute Gasteiger partial charge is 0.390 e. The lowest BCUT2D eigenvalue weighted by Crippen LogP contribution is -2.43. The topological polar surface area (TPSA) is 32.3 Å². The Kier molecular flexibility index (Phi) is 3.24. The van der Waals surface area contributed by atoms with E-state index in [1.54, 1.807) is 0 Å². The minimum atomic E-state index is -0.360. The SMILES string of the molecule is OC1(CC2CC=CCC2)CCNCC1. The van der Waals surface area contributed by atoms with E-state index in [4.69, 9.17) is 0 Å². The van der Waals surface area contributed by atoms with Crippen LogP contribution in [-0.4, -0.2) is 23.8 Å². The summed E-state index contributed by atoms with van der Waals surface area (Å²) in [6.45, 7) is 1.97. The van der Waals surface area contributed by atoms with Crippen LogP contribution < -0.4 is 5.32 Å². The summed E-state index contributed by atoms with van der Waals surface area (Å²) in [5.74, 6) is 0.725. The van der Waals surface area contributed by atoms with E-state index in [0.29, 0.717) is 0 Å². The molecule has 1 aliphatic heterocycles. The van der Waals surface area contributed by atoms with Crippen LogP contribution in [0.15, 0.2) is 12.2 Å². The summed E-state index contributed by atoms with van der Waals surface area (Å²) < 4.78 is 0. The molecule has 0 aromatic rings. The van der Waals surface area contributed by atoms with Crippen molar-refractivity contribution >= 4 is 0 Å². The number of allylic oxidation sites excluding steroid dienone is 2. The third-order valence-electron chi connectivity index (χ3n) is 3.58. The van der Waals surface area contributed by atoms with Crippen LogP contribution in [0, 0.1) is 5.92 Å². The fourth-order valence-corrected chi connectivity index (χ4v) is 2.68. The van der Waals surface area contributed by atoms with Gasteiger partial charge in [-0.25, -0.2) is 0 Å². The third kappa shape index (κ3) is 2.58. The van der Waals surface area contributed by atoms with Crippen LogP contribution in [-0.2, 0) is 0 Å². The van der Waals surface area contributed by atoms with Gasteiger partial charge in [0.2, 0.25) is 0 Å². The average Bonchev–Trinajstić information content (AvgIpc) is 2.19. The monoisotopic (exact) mass is 195 g/mol. The van der Waals surface area contributed by atoms with Gasteiger partial charge in [0.15, 0.2) is 0 Å². The minimum absolute atomic E-state index is 0.360. The van der Waals surface area contributed by atoms with E-state index < -0.39 is 0 Å². The predicted molar refractivity (Wildman–Crippen MR) is 58.2 cm³/mol. The molecule has 0 aromatic carbocycles. The molecule has 0 radical (unpaired) electrons. The lowest BCUT2D eigenvalue weighted by atomic mass is 9.79. The van der Waals surface area contributed by atoms with Crippen LogP contribution in [0.4, 0.5) is 0 Å². The molecule has 80 valence electrons. The van der Waals surface area contributed by atoms with Crippen LogP contribution in [0.2, 0.25) is 0 Å². The number of nitrogens with one attached hydrogen (secondary N) is 1. The summed E-state index contributed by atoms with van der Waals surface area (Å²) in [5.41, 5.74) is -0.360. The van der Waals surface area contributed by atoms with Crippen molar-refractivity contribution in [2.75, 3.05) is 13.1 Å². The highest BCUT2D eigenvalue weighted by atomic mass is 16.3. The number of aliphatic hydroxyl groups is 1. The first-order chi connectivity index (χ1) is 6.79. The second kappa shape index (κ2) is 4.45. The average molecular weight is 195 g/mol. The second-order valence-corrected chi connectivity index (χ2v) is 4.83. The highest BCUT2D eigenvalue weighted by molar-refractivity contribution is 4.94. The van der Waals surface area contributed by atoms with Crippen molar-refractivity contribution in [2.24, 2.45) is 5.92 Å². The summed E-state index contributed by atoms with van der Waals surface area (Å²) in [7, 11) is 0. The van der Waals surface area contributed by atoms with Crippen LogP contribution >= 0.6 is 0 Å². The van der Waals surface area contributed by atoms with E-state index >= 15 is 0 Å². The number of hydrogen-bond donors (Lipinski definition) is 2. The molecular weight excluding hydrogens is 174 g/mol. The van der Waals surface area contributed by atoms with Gasteiger partial charge in [0, 0.05) is 0 Å². The van der Waals surface area contributed by atoms with E-state index in [2.05, 4.69) is 17.5 Å². The molecule has 1 heterocycles.